The Hall–Kier alpha value is -5.16. The Balaban J connectivity index is 1.79. The number of sulfonamides is 1. The number of rotatable bonds is 7. The molecule has 3 aromatic rings. The van der Waals surface area contributed by atoms with E-state index in [0.717, 1.165) is 4.90 Å². The molecule has 0 spiro atoms. The van der Waals surface area contributed by atoms with Crippen molar-refractivity contribution in [1.82, 2.24) is 15.2 Å². The topological polar surface area (TPSA) is 168 Å². The fourth-order valence-corrected chi connectivity index (χ4v) is 6.44. The molecule has 1 N–H and O–H groups in total. The largest absolute Gasteiger partial charge is 0.497 e. The van der Waals surface area contributed by atoms with Crippen LogP contribution in [0.25, 0.3) is 0 Å². The minimum absolute atomic E-state index is 0.0101. The maximum Gasteiger partial charge on any atom is 0.319 e. The number of carbonyl (C=O) groups is 3. The highest BCUT2D eigenvalue weighted by atomic mass is 32.2. The lowest BCUT2D eigenvalue weighted by molar-refractivity contribution is -0.126. The molecule has 14 heteroatoms. The summed E-state index contributed by atoms with van der Waals surface area (Å²) >= 11 is 0. The number of aromatic nitrogens is 1. The van der Waals surface area contributed by atoms with E-state index < -0.39 is 27.5 Å². The van der Waals surface area contributed by atoms with E-state index >= 15 is 0 Å². The second kappa shape index (κ2) is 10.1. The number of hydrogen-bond acceptors (Lipinski definition) is 10. The lowest BCUT2D eigenvalue weighted by Crippen LogP contribution is -2.61. The Morgan fingerprint density at radius 2 is 1.78 bits per heavy atom. The normalized spacial score (nSPS) is 17.8. The minimum atomic E-state index is -4.70. The molecule has 1 aromatic heterocycles. The molecule has 5 rings (SSSR count). The van der Waals surface area contributed by atoms with Gasteiger partial charge >= 0.3 is 6.03 Å². The number of urea groups is 1. The van der Waals surface area contributed by atoms with Crippen LogP contribution in [0.2, 0.25) is 0 Å². The standard InChI is InChI=1S/C27H23N5O8S/c1-38-18-7-9-23(22(12-18)39-2)41(36,37)32-21-8-6-16(13-28)11-20(21)27(25(32)34,19-5-4-10-29-24(19)40-3)30-26(35)31-14-17(33)15-31/h4-12H,14-15H2,1-3H3,(H,30,35). The number of fused-ring (bicyclic) bond motifs is 1. The molecule has 2 aliphatic rings. The Morgan fingerprint density at radius 3 is 2.41 bits per heavy atom. The minimum Gasteiger partial charge on any atom is -0.497 e. The third kappa shape index (κ3) is 4.18. The molecule has 41 heavy (non-hydrogen) atoms. The smallest absolute Gasteiger partial charge is 0.319 e. The van der Waals surface area contributed by atoms with Crippen LogP contribution in [0.15, 0.2) is 59.6 Å². The van der Waals surface area contributed by atoms with Gasteiger partial charge in [-0.05, 0) is 42.5 Å². The molecule has 1 atom stereocenters. The summed E-state index contributed by atoms with van der Waals surface area (Å²) in [4.78, 5) is 44.6. The number of likely N-dealkylation sites (tertiary alicyclic amines) is 1. The molecule has 1 saturated heterocycles. The molecule has 3 amide bonds. The van der Waals surface area contributed by atoms with E-state index in [1.54, 1.807) is 0 Å². The number of ether oxygens (including phenoxy) is 3. The highest BCUT2D eigenvalue weighted by molar-refractivity contribution is 7.93. The van der Waals surface area contributed by atoms with Gasteiger partial charge in [-0.15, -0.1) is 0 Å². The SMILES string of the molecule is COc1ccc(S(=O)(=O)N2C(=O)C(NC(=O)N3CC(=O)C3)(c3cccnc3OC)c3cc(C#N)ccc32)c(OC)c1. The fourth-order valence-electron chi connectivity index (χ4n) is 4.83. The summed E-state index contributed by atoms with van der Waals surface area (Å²) in [6.07, 6.45) is 1.40. The Kier molecular flexibility index (Phi) is 6.75. The monoisotopic (exact) mass is 577 g/mol. The van der Waals surface area contributed by atoms with Crippen LogP contribution in [-0.2, 0) is 25.2 Å². The number of Topliss-reactive ketones (excluding diaryl/α,β-unsaturated/α-hetero) is 1. The summed E-state index contributed by atoms with van der Waals surface area (Å²) in [5, 5.41) is 12.3. The van der Waals surface area contributed by atoms with Crippen molar-refractivity contribution in [2.45, 2.75) is 10.4 Å². The van der Waals surface area contributed by atoms with E-state index in [4.69, 9.17) is 14.2 Å². The Labute approximate surface area is 234 Å². The molecule has 0 saturated carbocycles. The van der Waals surface area contributed by atoms with Crippen LogP contribution >= 0.6 is 0 Å². The van der Waals surface area contributed by atoms with Crippen molar-refractivity contribution in [2.75, 3.05) is 38.7 Å². The zero-order chi connectivity index (χ0) is 29.5. The highest BCUT2D eigenvalue weighted by Gasteiger charge is 2.59. The number of benzene rings is 2. The lowest BCUT2D eigenvalue weighted by atomic mass is 9.83. The third-order valence-corrected chi connectivity index (χ3v) is 8.56. The van der Waals surface area contributed by atoms with Crippen LogP contribution in [0.4, 0.5) is 10.5 Å². The van der Waals surface area contributed by atoms with Crippen LogP contribution in [0, 0.1) is 11.3 Å². The Bertz CT molecular complexity index is 1740. The highest BCUT2D eigenvalue weighted by Crippen LogP contribution is 2.50. The van der Waals surface area contributed by atoms with Crippen molar-refractivity contribution in [3.8, 4) is 23.4 Å². The van der Waals surface area contributed by atoms with Crippen LogP contribution in [0.3, 0.4) is 0 Å². The molecule has 210 valence electrons. The second-order valence-corrected chi connectivity index (χ2v) is 10.8. The van der Waals surface area contributed by atoms with Crippen molar-refractivity contribution >= 4 is 33.4 Å². The number of pyridine rings is 1. The van der Waals surface area contributed by atoms with Gasteiger partial charge in [0.15, 0.2) is 11.3 Å². The van der Waals surface area contributed by atoms with E-state index in [1.165, 1.54) is 76.1 Å². The molecule has 13 nitrogen and oxygen atoms in total. The number of methoxy groups -OCH3 is 3. The molecule has 1 fully saturated rings. The molecular weight excluding hydrogens is 554 g/mol. The summed E-state index contributed by atoms with van der Waals surface area (Å²) in [6, 6.07) is 12.1. The first kappa shape index (κ1) is 27.4. The molecule has 0 aliphatic carbocycles. The summed E-state index contributed by atoms with van der Waals surface area (Å²) in [5.74, 6) is -1.12. The number of anilines is 1. The van der Waals surface area contributed by atoms with E-state index in [0.29, 0.717) is 10.1 Å². The van der Waals surface area contributed by atoms with Gasteiger partial charge in [-0.1, -0.05) is 0 Å². The van der Waals surface area contributed by atoms with Gasteiger partial charge in [-0.2, -0.15) is 9.57 Å². The van der Waals surface area contributed by atoms with E-state index in [2.05, 4.69) is 10.3 Å². The number of hydrogen-bond donors (Lipinski definition) is 1. The van der Waals surface area contributed by atoms with E-state index in [1.807, 2.05) is 6.07 Å². The van der Waals surface area contributed by atoms with Crippen molar-refractivity contribution < 1.29 is 37.0 Å². The molecular formula is C27H23N5O8S. The van der Waals surface area contributed by atoms with E-state index in [-0.39, 0.29) is 57.8 Å². The predicted octanol–water partition coefficient (Wildman–Crippen LogP) is 1.55. The van der Waals surface area contributed by atoms with Gasteiger partial charge in [0.1, 0.15) is 16.4 Å². The van der Waals surface area contributed by atoms with E-state index in [9.17, 15) is 28.1 Å². The van der Waals surface area contributed by atoms with Gasteiger partial charge in [0.05, 0.1) is 57.3 Å². The first-order chi connectivity index (χ1) is 19.6. The van der Waals surface area contributed by atoms with Gasteiger partial charge in [0.25, 0.3) is 15.9 Å². The zero-order valence-electron chi connectivity index (χ0n) is 22.1. The quantitative estimate of drug-likeness (QED) is 0.435. The second-order valence-electron chi connectivity index (χ2n) is 9.07. The average molecular weight is 578 g/mol. The van der Waals surface area contributed by atoms with Crippen molar-refractivity contribution in [2.24, 2.45) is 0 Å². The van der Waals surface area contributed by atoms with Crippen LogP contribution in [0.1, 0.15) is 16.7 Å². The summed E-state index contributed by atoms with van der Waals surface area (Å²) in [6.45, 7) is -0.368. The summed E-state index contributed by atoms with van der Waals surface area (Å²) in [5.41, 5.74) is -2.23. The first-order valence-electron chi connectivity index (χ1n) is 12.1. The molecule has 0 radical (unpaired) electrons. The van der Waals surface area contributed by atoms with Gasteiger partial charge in [-0.3, -0.25) is 9.59 Å². The number of nitrogens with one attached hydrogen (secondary N) is 1. The number of carbonyl (C=O) groups excluding carboxylic acids is 3. The molecule has 3 heterocycles. The van der Waals surface area contributed by atoms with Crippen LogP contribution in [0.5, 0.6) is 17.4 Å². The summed E-state index contributed by atoms with van der Waals surface area (Å²) < 4.78 is 45.0. The fraction of sp³-hybridized carbons (Fsp3) is 0.222. The first-order valence-corrected chi connectivity index (χ1v) is 13.5. The van der Waals surface area contributed by atoms with Crippen LogP contribution < -0.4 is 23.8 Å². The lowest BCUT2D eigenvalue weighted by Gasteiger charge is -2.36. The maximum atomic E-state index is 14.6. The molecule has 1 unspecified atom stereocenters. The number of nitrogens with zero attached hydrogens (tertiary/aromatic N) is 4. The van der Waals surface area contributed by atoms with Crippen molar-refractivity contribution in [1.29, 1.82) is 5.26 Å². The van der Waals surface area contributed by atoms with Gasteiger partial charge < -0.3 is 24.4 Å². The van der Waals surface area contributed by atoms with Crippen LogP contribution in [-0.4, -0.2) is 70.4 Å². The molecule has 2 aliphatic heterocycles. The zero-order valence-corrected chi connectivity index (χ0v) is 22.9. The van der Waals surface area contributed by atoms with Crippen molar-refractivity contribution in [3.05, 3.63) is 71.4 Å². The number of amides is 3. The van der Waals surface area contributed by atoms with Gasteiger partial charge in [-0.25, -0.2) is 18.2 Å². The average Bonchev–Trinajstić information content (AvgIpc) is 3.22. The number of ketones is 1. The van der Waals surface area contributed by atoms with Gasteiger partial charge in [0.2, 0.25) is 5.88 Å². The maximum absolute atomic E-state index is 14.6. The predicted molar refractivity (Wildman–Crippen MR) is 142 cm³/mol. The summed E-state index contributed by atoms with van der Waals surface area (Å²) in [7, 11) is -0.727. The Morgan fingerprint density at radius 1 is 1.02 bits per heavy atom. The number of nitriles is 1. The molecule has 2 aromatic carbocycles. The third-order valence-electron chi connectivity index (χ3n) is 6.83. The van der Waals surface area contributed by atoms with Gasteiger partial charge in [0, 0.05) is 17.8 Å². The molecule has 0 bridgehead atoms. The van der Waals surface area contributed by atoms with Crippen molar-refractivity contribution in [3.63, 3.8) is 0 Å².